The first kappa shape index (κ1) is 18.3. The van der Waals surface area contributed by atoms with Crippen molar-refractivity contribution in [3.8, 4) is 0 Å². The smallest absolute Gasteiger partial charge is 0.254 e. The lowest BCUT2D eigenvalue weighted by Gasteiger charge is -2.28. The zero-order chi connectivity index (χ0) is 16.2. The van der Waals surface area contributed by atoms with E-state index in [4.69, 9.17) is 10.5 Å². The number of nitrogens with two attached hydrogens (primary N) is 1. The van der Waals surface area contributed by atoms with Crippen LogP contribution in [0.5, 0.6) is 0 Å². The van der Waals surface area contributed by atoms with Gasteiger partial charge in [-0.1, -0.05) is 36.4 Å². The minimum Gasteiger partial charge on any atom is -0.399 e. The van der Waals surface area contributed by atoms with Gasteiger partial charge in [0.15, 0.2) is 6.10 Å². The molecule has 3 rings (SSSR count). The van der Waals surface area contributed by atoms with E-state index >= 15 is 0 Å². The minimum absolute atomic E-state index is 0. The van der Waals surface area contributed by atoms with Gasteiger partial charge >= 0.3 is 0 Å². The number of aryl methyl sites for hydroxylation is 1. The van der Waals surface area contributed by atoms with Crippen LogP contribution in [0, 0.1) is 0 Å². The molecule has 3 N–H and O–H groups in total. The maximum atomic E-state index is 12.7. The number of benzene rings is 2. The molecule has 0 spiro atoms. The fourth-order valence-electron chi connectivity index (χ4n) is 3.25. The number of hydrogen-bond acceptors (Lipinski definition) is 3. The number of carbonyl (C=O) groups excluding carboxylic acids is 1. The van der Waals surface area contributed by atoms with Crippen molar-refractivity contribution in [1.29, 1.82) is 0 Å². The second kappa shape index (κ2) is 8.18. The summed E-state index contributed by atoms with van der Waals surface area (Å²) in [4.78, 5) is 12.7. The van der Waals surface area contributed by atoms with Crippen LogP contribution in [-0.2, 0) is 16.0 Å². The van der Waals surface area contributed by atoms with Crippen LogP contribution in [0.3, 0.4) is 0 Å². The molecule has 2 aromatic rings. The number of ether oxygens (including phenoxy) is 1. The number of fused-ring (bicyclic) bond motifs is 1. The average molecular weight is 347 g/mol. The second-order valence-corrected chi connectivity index (χ2v) is 5.94. The monoisotopic (exact) mass is 346 g/mol. The molecule has 2 unspecified atom stereocenters. The van der Waals surface area contributed by atoms with E-state index in [2.05, 4.69) is 5.32 Å². The van der Waals surface area contributed by atoms with Crippen LogP contribution in [0.15, 0.2) is 48.5 Å². The molecule has 0 saturated carbocycles. The van der Waals surface area contributed by atoms with E-state index in [1.165, 1.54) is 11.1 Å². The van der Waals surface area contributed by atoms with Crippen LogP contribution in [0.2, 0.25) is 0 Å². The van der Waals surface area contributed by atoms with E-state index in [9.17, 15) is 4.79 Å². The predicted molar refractivity (Wildman–Crippen MR) is 98.1 cm³/mol. The van der Waals surface area contributed by atoms with E-state index < -0.39 is 6.10 Å². The van der Waals surface area contributed by atoms with Gasteiger partial charge in [-0.2, -0.15) is 0 Å². The van der Waals surface area contributed by atoms with Crippen molar-refractivity contribution in [2.75, 3.05) is 12.8 Å². The molecule has 4 nitrogen and oxygen atoms in total. The van der Waals surface area contributed by atoms with Crippen LogP contribution in [0.25, 0.3) is 0 Å². The van der Waals surface area contributed by atoms with E-state index in [0.29, 0.717) is 0 Å². The van der Waals surface area contributed by atoms with Gasteiger partial charge in [0.05, 0.1) is 6.04 Å². The number of amides is 1. The van der Waals surface area contributed by atoms with Gasteiger partial charge in [-0.3, -0.25) is 4.79 Å². The number of rotatable bonds is 4. The number of nitrogens with one attached hydrogen (secondary N) is 1. The summed E-state index contributed by atoms with van der Waals surface area (Å²) in [6.07, 6.45) is 2.41. The van der Waals surface area contributed by atoms with Crippen molar-refractivity contribution in [1.82, 2.24) is 5.32 Å². The second-order valence-electron chi connectivity index (χ2n) is 5.94. The van der Waals surface area contributed by atoms with Crippen molar-refractivity contribution in [2.45, 2.75) is 31.4 Å². The molecule has 1 amide bonds. The van der Waals surface area contributed by atoms with Crippen molar-refractivity contribution in [3.63, 3.8) is 0 Å². The Balaban J connectivity index is 0.00000208. The molecule has 128 valence electrons. The number of carbonyl (C=O) groups is 1. The molecule has 0 aromatic heterocycles. The molecule has 0 heterocycles. The molecule has 0 bridgehead atoms. The first-order chi connectivity index (χ1) is 11.2. The highest BCUT2D eigenvalue weighted by molar-refractivity contribution is 5.85. The summed E-state index contributed by atoms with van der Waals surface area (Å²) in [6, 6.07) is 15.5. The van der Waals surface area contributed by atoms with E-state index in [1.54, 1.807) is 7.11 Å². The Labute approximate surface area is 148 Å². The highest BCUT2D eigenvalue weighted by Gasteiger charge is 2.26. The van der Waals surface area contributed by atoms with Gasteiger partial charge in [-0.05, 0) is 48.1 Å². The average Bonchev–Trinajstić information content (AvgIpc) is 2.56. The highest BCUT2D eigenvalue weighted by Crippen LogP contribution is 2.31. The van der Waals surface area contributed by atoms with Gasteiger partial charge in [-0.15, -0.1) is 12.4 Å². The van der Waals surface area contributed by atoms with E-state index in [-0.39, 0.29) is 24.4 Å². The molecule has 0 aliphatic heterocycles. The van der Waals surface area contributed by atoms with E-state index in [1.807, 2.05) is 48.5 Å². The van der Waals surface area contributed by atoms with Crippen molar-refractivity contribution in [3.05, 3.63) is 65.2 Å². The van der Waals surface area contributed by atoms with Gasteiger partial charge in [-0.25, -0.2) is 0 Å². The molecule has 0 fully saturated rings. The minimum atomic E-state index is -0.588. The maximum Gasteiger partial charge on any atom is 0.254 e. The Morgan fingerprint density at radius 3 is 2.71 bits per heavy atom. The topological polar surface area (TPSA) is 64.3 Å². The van der Waals surface area contributed by atoms with Gasteiger partial charge in [0, 0.05) is 12.8 Å². The summed E-state index contributed by atoms with van der Waals surface area (Å²) < 4.78 is 5.41. The van der Waals surface area contributed by atoms with E-state index in [0.717, 1.165) is 30.5 Å². The molecule has 0 radical (unpaired) electrons. The van der Waals surface area contributed by atoms with Gasteiger partial charge < -0.3 is 15.8 Å². The first-order valence-electron chi connectivity index (χ1n) is 7.95. The Morgan fingerprint density at radius 2 is 2.00 bits per heavy atom. The zero-order valence-corrected chi connectivity index (χ0v) is 14.5. The standard InChI is InChI=1S/C19H22N2O2.ClH/c1-23-18(13-6-3-2-4-7-13)19(22)21-17-9-5-8-14-12-15(20)10-11-16(14)17;/h2-4,6-7,10-12,17-18H,5,8-9,20H2,1H3,(H,21,22);1H. The summed E-state index contributed by atoms with van der Waals surface area (Å²) in [7, 11) is 1.56. The molecule has 2 atom stereocenters. The molecule has 5 heteroatoms. The number of anilines is 1. The van der Waals surface area contributed by atoms with Crippen molar-refractivity contribution in [2.24, 2.45) is 0 Å². The summed E-state index contributed by atoms with van der Waals surface area (Å²) >= 11 is 0. The fourth-order valence-corrected chi connectivity index (χ4v) is 3.25. The summed E-state index contributed by atoms with van der Waals surface area (Å²) in [5.74, 6) is -0.103. The summed E-state index contributed by atoms with van der Waals surface area (Å²) in [5, 5.41) is 3.14. The SMILES string of the molecule is COC(C(=O)NC1CCCc2cc(N)ccc21)c1ccccc1.Cl. The van der Waals surface area contributed by atoms with Gasteiger partial charge in [0.1, 0.15) is 0 Å². The Morgan fingerprint density at radius 1 is 1.25 bits per heavy atom. The Bertz CT molecular complexity index is 691. The van der Waals surface area contributed by atoms with Crippen LogP contribution < -0.4 is 11.1 Å². The predicted octanol–water partition coefficient (Wildman–Crippen LogP) is 3.57. The Kier molecular flexibility index (Phi) is 6.23. The van der Waals surface area contributed by atoms with Crippen molar-refractivity contribution >= 4 is 24.0 Å². The van der Waals surface area contributed by atoms with Gasteiger partial charge in [0.25, 0.3) is 5.91 Å². The van der Waals surface area contributed by atoms with Crippen LogP contribution in [0.1, 0.15) is 41.7 Å². The number of halogens is 1. The molecular weight excluding hydrogens is 324 g/mol. The van der Waals surface area contributed by atoms with Crippen LogP contribution in [0.4, 0.5) is 5.69 Å². The van der Waals surface area contributed by atoms with Crippen molar-refractivity contribution < 1.29 is 9.53 Å². The van der Waals surface area contributed by atoms with Crippen LogP contribution in [-0.4, -0.2) is 13.0 Å². The lowest BCUT2D eigenvalue weighted by molar-refractivity contribution is -0.132. The summed E-state index contributed by atoms with van der Waals surface area (Å²) in [5.41, 5.74) is 9.90. The Hall–Kier alpha value is -2.04. The van der Waals surface area contributed by atoms with Gasteiger partial charge in [0.2, 0.25) is 0 Å². The largest absolute Gasteiger partial charge is 0.399 e. The summed E-state index contributed by atoms with van der Waals surface area (Å²) in [6.45, 7) is 0. The molecular formula is C19H23ClN2O2. The normalized spacial score (nSPS) is 17.3. The lowest BCUT2D eigenvalue weighted by Crippen LogP contribution is -2.35. The maximum absolute atomic E-state index is 12.7. The third kappa shape index (κ3) is 3.89. The molecule has 1 aliphatic carbocycles. The highest BCUT2D eigenvalue weighted by atomic mass is 35.5. The molecule has 2 aromatic carbocycles. The first-order valence-corrected chi connectivity index (χ1v) is 7.95. The zero-order valence-electron chi connectivity index (χ0n) is 13.7. The number of methoxy groups -OCH3 is 1. The van der Waals surface area contributed by atoms with Crippen LogP contribution >= 0.6 is 12.4 Å². The molecule has 1 aliphatic rings. The molecule has 24 heavy (non-hydrogen) atoms. The lowest BCUT2D eigenvalue weighted by atomic mass is 9.87. The third-order valence-corrected chi connectivity index (χ3v) is 4.37. The number of hydrogen-bond donors (Lipinski definition) is 2. The number of nitrogen functional groups attached to an aromatic ring is 1. The quantitative estimate of drug-likeness (QED) is 0.832. The fraction of sp³-hybridized carbons (Fsp3) is 0.316. The molecule has 0 saturated heterocycles. The third-order valence-electron chi connectivity index (χ3n) is 4.37.